The highest BCUT2D eigenvalue weighted by atomic mass is 16.6. The van der Waals surface area contributed by atoms with E-state index in [9.17, 15) is 10.2 Å². The molecule has 4 atom stereocenters. The molecule has 1 aliphatic rings. The Bertz CT molecular complexity index is 127. The largest absolute Gasteiger partial charge is 0.394 e. The van der Waals surface area contributed by atoms with Crippen LogP contribution in [0.2, 0.25) is 0 Å². The first-order chi connectivity index (χ1) is 5.69. The Kier molecular flexibility index (Phi) is 3.42. The Hall–Kier alpha value is -0.200. The molecule has 72 valence electrons. The molecule has 1 unspecified atom stereocenters. The summed E-state index contributed by atoms with van der Waals surface area (Å²) in [5.41, 5.74) is 0. The molecule has 0 aliphatic carbocycles. The van der Waals surface area contributed by atoms with Gasteiger partial charge < -0.3 is 25.4 Å². The maximum absolute atomic E-state index is 9.35. The molecule has 5 nitrogen and oxygen atoms in total. The molecule has 1 rings (SSSR count). The lowest BCUT2D eigenvalue weighted by atomic mass is 10.0. The molecule has 12 heavy (non-hydrogen) atoms. The van der Waals surface area contributed by atoms with E-state index < -0.39 is 18.5 Å². The molecule has 0 aromatic rings. The zero-order valence-electron chi connectivity index (χ0n) is 6.97. The van der Waals surface area contributed by atoms with Crippen molar-refractivity contribution >= 4 is 0 Å². The summed E-state index contributed by atoms with van der Waals surface area (Å²) in [6.45, 7) is -0.269. The smallest absolute Gasteiger partial charge is 0.170 e. The minimum Gasteiger partial charge on any atom is -0.394 e. The lowest BCUT2D eigenvalue weighted by Gasteiger charge is -2.35. The molecule has 0 spiro atoms. The lowest BCUT2D eigenvalue weighted by Crippen LogP contribution is -2.53. The first-order valence-corrected chi connectivity index (χ1v) is 3.98. The van der Waals surface area contributed by atoms with Gasteiger partial charge in [0.2, 0.25) is 0 Å². The van der Waals surface area contributed by atoms with Crippen LogP contribution in [0, 0.1) is 0 Å². The van der Waals surface area contributed by atoms with Gasteiger partial charge >= 0.3 is 0 Å². The predicted molar refractivity (Wildman–Crippen MR) is 41.4 cm³/mol. The topological polar surface area (TPSA) is 82.0 Å². The van der Waals surface area contributed by atoms with Crippen molar-refractivity contribution in [1.82, 2.24) is 5.32 Å². The number of aliphatic hydroxyl groups excluding tert-OH is 3. The van der Waals surface area contributed by atoms with Gasteiger partial charge in [-0.3, -0.25) is 0 Å². The maximum atomic E-state index is 9.35. The molecule has 1 fully saturated rings. The Balaban J connectivity index is 2.49. The molecule has 0 aromatic carbocycles. The molecule has 1 heterocycles. The Labute approximate surface area is 71.0 Å². The maximum Gasteiger partial charge on any atom is 0.170 e. The van der Waals surface area contributed by atoms with Gasteiger partial charge in [-0.25, -0.2) is 0 Å². The van der Waals surface area contributed by atoms with Crippen LogP contribution >= 0.6 is 0 Å². The van der Waals surface area contributed by atoms with E-state index in [1.807, 2.05) is 0 Å². The van der Waals surface area contributed by atoms with Crippen molar-refractivity contribution in [2.24, 2.45) is 0 Å². The number of hydrogen-bond donors (Lipinski definition) is 4. The third kappa shape index (κ3) is 1.94. The van der Waals surface area contributed by atoms with E-state index >= 15 is 0 Å². The highest BCUT2D eigenvalue weighted by molar-refractivity contribution is 4.83. The molecular formula is C7H15NO4. The number of likely N-dealkylation sites (N-methyl/N-ethyl adjacent to an activating group) is 1. The van der Waals surface area contributed by atoms with Crippen molar-refractivity contribution in [3.05, 3.63) is 0 Å². The van der Waals surface area contributed by atoms with E-state index in [4.69, 9.17) is 9.84 Å². The molecule has 0 amide bonds. The Morgan fingerprint density at radius 3 is 2.67 bits per heavy atom. The zero-order valence-corrected chi connectivity index (χ0v) is 6.97. The minimum absolute atomic E-state index is 0.261. The molecular weight excluding hydrogens is 162 g/mol. The minimum atomic E-state index is -0.949. The lowest BCUT2D eigenvalue weighted by molar-refractivity contribution is -0.220. The van der Waals surface area contributed by atoms with Crippen molar-refractivity contribution in [3.8, 4) is 0 Å². The van der Waals surface area contributed by atoms with E-state index in [1.54, 1.807) is 7.05 Å². The first-order valence-electron chi connectivity index (χ1n) is 3.98. The number of aliphatic hydroxyl groups is 3. The fourth-order valence-corrected chi connectivity index (χ4v) is 1.32. The highest BCUT2D eigenvalue weighted by Gasteiger charge is 2.34. The average Bonchev–Trinajstić information content (AvgIpc) is 2.08. The van der Waals surface area contributed by atoms with Gasteiger partial charge in [-0.05, 0) is 13.5 Å². The quantitative estimate of drug-likeness (QED) is 0.393. The van der Waals surface area contributed by atoms with Gasteiger partial charge in [0, 0.05) is 0 Å². The SMILES string of the molecule is CN[C@H]1C[C@H](O)C(CO)O[C@H]1O. The average molecular weight is 177 g/mol. The summed E-state index contributed by atoms with van der Waals surface area (Å²) in [7, 11) is 1.68. The summed E-state index contributed by atoms with van der Waals surface area (Å²) in [4.78, 5) is 0. The van der Waals surface area contributed by atoms with Gasteiger partial charge in [0.15, 0.2) is 6.29 Å². The van der Waals surface area contributed by atoms with E-state index in [2.05, 4.69) is 5.32 Å². The van der Waals surface area contributed by atoms with Crippen molar-refractivity contribution in [3.63, 3.8) is 0 Å². The predicted octanol–water partition coefficient (Wildman–Crippen LogP) is -1.97. The Morgan fingerprint density at radius 1 is 1.50 bits per heavy atom. The van der Waals surface area contributed by atoms with Crippen molar-refractivity contribution < 1.29 is 20.1 Å². The third-order valence-electron chi connectivity index (χ3n) is 2.13. The number of hydrogen-bond acceptors (Lipinski definition) is 5. The number of rotatable bonds is 2. The summed E-state index contributed by atoms with van der Waals surface area (Å²) in [5.74, 6) is 0. The number of ether oxygens (including phenoxy) is 1. The van der Waals surface area contributed by atoms with Crippen LogP contribution in [0.25, 0.3) is 0 Å². The van der Waals surface area contributed by atoms with Crippen LogP contribution in [0.4, 0.5) is 0 Å². The summed E-state index contributed by atoms with van der Waals surface area (Å²) in [6, 6.07) is -0.261. The van der Waals surface area contributed by atoms with E-state index in [-0.39, 0.29) is 12.6 Å². The standard InChI is InChI=1S/C7H15NO4/c1-8-4-2-5(10)6(3-9)12-7(4)11/h4-11H,2-3H2,1H3/t4-,5-,6?,7+/m0/s1. The first kappa shape index (κ1) is 9.88. The van der Waals surface area contributed by atoms with Crippen molar-refractivity contribution in [2.75, 3.05) is 13.7 Å². The van der Waals surface area contributed by atoms with E-state index in [0.717, 1.165) is 0 Å². The van der Waals surface area contributed by atoms with Gasteiger partial charge in [0.25, 0.3) is 0 Å². The summed E-state index contributed by atoms with van der Waals surface area (Å²) in [5, 5.41) is 30.2. The fourth-order valence-electron chi connectivity index (χ4n) is 1.32. The Morgan fingerprint density at radius 2 is 2.17 bits per heavy atom. The molecule has 4 N–H and O–H groups in total. The third-order valence-corrected chi connectivity index (χ3v) is 2.13. The molecule has 5 heteroatoms. The van der Waals surface area contributed by atoms with Crippen LogP contribution in [0.3, 0.4) is 0 Å². The highest BCUT2D eigenvalue weighted by Crippen LogP contribution is 2.18. The summed E-state index contributed by atoms with van der Waals surface area (Å²) >= 11 is 0. The van der Waals surface area contributed by atoms with Gasteiger partial charge in [-0.15, -0.1) is 0 Å². The monoisotopic (exact) mass is 177 g/mol. The second-order valence-electron chi connectivity index (χ2n) is 2.95. The normalized spacial score (nSPS) is 43.0. The second-order valence-corrected chi connectivity index (χ2v) is 2.95. The number of nitrogens with one attached hydrogen (secondary N) is 1. The van der Waals surface area contributed by atoms with Crippen molar-refractivity contribution in [1.29, 1.82) is 0 Å². The van der Waals surface area contributed by atoms with Gasteiger partial charge in [0.05, 0.1) is 18.8 Å². The molecule has 0 radical (unpaired) electrons. The van der Waals surface area contributed by atoms with Gasteiger partial charge in [0.1, 0.15) is 6.10 Å². The molecule has 1 saturated heterocycles. The zero-order chi connectivity index (χ0) is 9.14. The van der Waals surface area contributed by atoms with Gasteiger partial charge in [-0.1, -0.05) is 0 Å². The van der Waals surface area contributed by atoms with Crippen molar-refractivity contribution in [2.45, 2.75) is 31.0 Å². The van der Waals surface area contributed by atoms with Crippen LogP contribution in [0.1, 0.15) is 6.42 Å². The second kappa shape index (κ2) is 4.15. The van der Waals surface area contributed by atoms with Crippen LogP contribution < -0.4 is 5.32 Å². The van der Waals surface area contributed by atoms with Gasteiger partial charge in [-0.2, -0.15) is 0 Å². The molecule has 1 aliphatic heterocycles. The van der Waals surface area contributed by atoms with Crippen LogP contribution in [0.5, 0.6) is 0 Å². The van der Waals surface area contributed by atoms with E-state index in [1.165, 1.54) is 0 Å². The molecule has 0 saturated carbocycles. The summed E-state index contributed by atoms with van der Waals surface area (Å²) in [6.07, 6.45) is -1.93. The molecule has 0 bridgehead atoms. The van der Waals surface area contributed by atoms with Crippen LogP contribution in [0.15, 0.2) is 0 Å². The van der Waals surface area contributed by atoms with E-state index in [0.29, 0.717) is 6.42 Å². The summed E-state index contributed by atoms with van der Waals surface area (Å²) < 4.78 is 4.94. The van der Waals surface area contributed by atoms with Crippen LogP contribution in [-0.2, 0) is 4.74 Å². The van der Waals surface area contributed by atoms with Crippen LogP contribution in [-0.4, -0.2) is 53.5 Å². The molecule has 0 aromatic heterocycles. The fraction of sp³-hybridized carbons (Fsp3) is 1.00.